The number of carbonyl (C=O) groups is 2. The molecule has 0 saturated heterocycles. The Hall–Kier alpha value is -1.95. The molecule has 6 nitrogen and oxygen atoms in total. The van der Waals surface area contributed by atoms with Crippen LogP contribution in [0.3, 0.4) is 0 Å². The first-order valence-corrected chi connectivity index (χ1v) is 7.37. The summed E-state index contributed by atoms with van der Waals surface area (Å²) in [5, 5.41) is 11.3. The first kappa shape index (κ1) is 18.1. The quantitative estimate of drug-likeness (QED) is 0.680. The molecule has 0 unspecified atom stereocenters. The van der Waals surface area contributed by atoms with E-state index in [0.717, 1.165) is 12.8 Å². The van der Waals surface area contributed by atoms with Gasteiger partial charge in [0.25, 0.3) is 5.91 Å². The highest BCUT2D eigenvalue weighted by molar-refractivity contribution is 6.32. The smallest absolute Gasteiger partial charge is 0.305 e. The van der Waals surface area contributed by atoms with E-state index in [9.17, 15) is 9.59 Å². The van der Waals surface area contributed by atoms with Gasteiger partial charge in [0.05, 0.1) is 25.2 Å². The monoisotopic (exact) mass is 329 g/mol. The molecule has 0 aromatic heterocycles. The summed E-state index contributed by atoms with van der Waals surface area (Å²) in [6.07, 6.45) is 1.73. The van der Waals surface area contributed by atoms with Crippen molar-refractivity contribution in [2.45, 2.75) is 26.2 Å². The Morgan fingerprint density at radius 1 is 1.36 bits per heavy atom. The number of hydrogen-bond acceptors (Lipinski definition) is 4. The van der Waals surface area contributed by atoms with Crippen molar-refractivity contribution in [1.82, 2.24) is 5.32 Å². The molecule has 0 saturated carbocycles. The Kier molecular flexibility index (Phi) is 7.52. The van der Waals surface area contributed by atoms with Gasteiger partial charge in [-0.05, 0) is 18.6 Å². The molecule has 0 bridgehead atoms. The number of unbranched alkanes of at least 4 members (excludes halogenated alkanes) is 1. The highest BCUT2D eigenvalue weighted by Crippen LogP contribution is 2.36. The van der Waals surface area contributed by atoms with Gasteiger partial charge in [0.1, 0.15) is 0 Å². The van der Waals surface area contributed by atoms with Gasteiger partial charge in [0, 0.05) is 12.1 Å². The Labute approximate surface area is 134 Å². The van der Waals surface area contributed by atoms with Crippen LogP contribution < -0.4 is 14.8 Å². The van der Waals surface area contributed by atoms with E-state index in [1.165, 1.54) is 19.2 Å². The number of hydrogen-bond donors (Lipinski definition) is 2. The Morgan fingerprint density at radius 3 is 2.68 bits per heavy atom. The number of carboxylic acids is 1. The number of nitrogens with one attached hydrogen (secondary N) is 1. The van der Waals surface area contributed by atoms with Crippen molar-refractivity contribution in [3.8, 4) is 11.5 Å². The molecule has 0 fully saturated rings. The van der Waals surface area contributed by atoms with E-state index in [-0.39, 0.29) is 23.6 Å². The van der Waals surface area contributed by atoms with Gasteiger partial charge < -0.3 is 19.9 Å². The number of rotatable bonds is 9. The second kappa shape index (κ2) is 9.15. The number of benzene rings is 1. The molecule has 0 radical (unpaired) electrons. The standard InChI is InChI=1S/C15H20ClNO5/c1-3-4-7-22-14-11(16)8-10(9-12(14)21-2)15(20)17-6-5-13(18)19/h8-9H,3-7H2,1-2H3,(H,17,20)(H,18,19). The van der Waals surface area contributed by atoms with Gasteiger partial charge in [-0.15, -0.1) is 0 Å². The van der Waals surface area contributed by atoms with Crippen LogP contribution in [0.4, 0.5) is 0 Å². The summed E-state index contributed by atoms with van der Waals surface area (Å²) in [5.74, 6) is -0.621. The fourth-order valence-corrected chi connectivity index (χ4v) is 1.96. The molecular formula is C15H20ClNO5. The van der Waals surface area contributed by atoms with Crippen molar-refractivity contribution in [3.05, 3.63) is 22.7 Å². The van der Waals surface area contributed by atoms with Crippen molar-refractivity contribution >= 4 is 23.5 Å². The predicted octanol–water partition coefficient (Wildman–Crippen LogP) is 2.73. The molecule has 0 aliphatic heterocycles. The average molecular weight is 330 g/mol. The molecule has 1 aromatic rings. The number of halogens is 1. The molecule has 1 amide bonds. The van der Waals surface area contributed by atoms with E-state index in [1.807, 2.05) is 6.92 Å². The minimum atomic E-state index is -0.976. The minimum absolute atomic E-state index is 0.0445. The third-order valence-electron chi connectivity index (χ3n) is 2.86. The fraction of sp³-hybridized carbons (Fsp3) is 0.467. The molecular weight excluding hydrogens is 310 g/mol. The minimum Gasteiger partial charge on any atom is -0.493 e. The molecule has 7 heteroatoms. The zero-order valence-electron chi connectivity index (χ0n) is 12.6. The summed E-state index contributed by atoms with van der Waals surface area (Å²) in [6, 6.07) is 2.99. The number of aliphatic carboxylic acids is 1. The highest BCUT2D eigenvalue weighted by Gasteiger charge is 2.16. The van der Waals surface area contributed by atoms with E-state index in [4.69, 9.17) is 26.2 Å². The summed E-state index contributed by atoms with van der Waals surface area (Å²) in [4.78, 5) is 22.4. The van der Waals surface area contributed by atoms with Crippen molar-refractivity contribution in [2.75, 3.05) is 20.3 Å². The molecule has 0 atom stereocenters. The molecule has 0 aliphatic rings. The maximum absolute atomic E-state index is 12.0. The van der Waals surface area contributed by atoms with E-state index in [0.29, 0.717) is 18.1 Å². The van der Waals surface area contributed by atoms with E-state index >= 15 is 0 Å². The van der Waals surface area contributed by atoms with Gasteiger partial charge in [0.15, 0.2) is 11.5 Å². The van der Waals surface area contributed by atoms with Crippen LogP contribution in [-0.2, 0) is 4.79 Å². The Morgan fingerprint density at radius 2 is 2.09 bits per heavy atom. The van der Waals surface area contributed by atoms with Gasteiger partial charge in [0.2, 0.25) is 0 Å². The van der Waals surface area contributed by atoms with Crippen molar-refractivity contribution in [1.29, 1.82) is 0 Å². The maximum atomic E-state index is 12.0. The normalized spacial score (nSPS) is 10.1. The lowest BCUT2D eigenvalue weighted by Crippen LogP contribution is -2.26. The Balaban J connectivity index is 2.83. The molecule has 0 heterocycles. The first-order chi connectivity index (χ1) is 10.5. The molecule has 1 aromatic carbocycles. The molecule has 0 aliphatic carbocycles. The Bertz CT molecular complexity index is 533. The highest BCUT2D eigenvalue weighted by atomic mass is 35.5. The van der Waals surface area contributed by atoms with Crippen molar-refractivity contribution in [2.24, 2.45) is 0 Å². The molecule has 122 valence electrons. The second-order valence-corrected chi connectivity index (χ2v) is 5.00. The number of carbonyl (C=O) groups excluding carboxylic acids is 1. The predicted molar refractivity (Wildman–Crippen MR) is 83.0 cm³/mol. The third kappa shape index (κ3) is 5.44. The fourth-order valence-electron chi connectivity index (χ4n) is 1.69. The summed E-state index contributed by atoms with van der Waals surface area (Å²) < 4.78 is 10.8. The van der Waals surface area contributed by atoms with Crippen LogP contribution >= 0.6 is 11.6 Å². The number of amides is 1. The van der Waals surface area contributed by atoms with E-state index < -0.39 is 11.9 Å². The molecule has 1 rings (SSSR count). The van der Waals surface area contributed by atoms with Crippen LogP contribution in [0.5, 0.6) is 11.5 Å². The van der Waals surface area contributed by atoms with E-state index in [2.05, 4.69) is 5.32 Å². The topological polar surface area (TPSA) is 84.9 Å². The summed E-state index contributed by atoms with van der Waals surface area (Å²) in [7, 11) is 1.46. The average Bonchev–Trinajstić information content (AvgIpc) is 2.48. The lowest BCUT2D eigenvalue weighted by molar-refractivity contribution is -0.136. The largest absolute Gasteiger partial charge is 0.493 e. The van der Waals surface area contributed by atoms with Crippen molar-refractivity contribution < 1.29 is 24.2 Å². The summed E-state index contributed by atoms with van der Waals surface area (Å²) in [5.41, 5.74) is 0.287. The van der Waals surface area contributed by atoms with Crippen LogP contribution in [0.25, 0.3) is 0 Å². The molecule has 0 spiro atoms. The second-order valence-electron chi connectivity index (χ2n) is 4.59. The molecule has 2 N–H and O–H groups in total. The van der Waals surface area contributed by atoms with E-state index in [1.54, 1.807) is 0 Å². The van der Waals surface area contributed by atoms with Gasteiger partial charge in [-0.1, -0.05) is 24.9 Å². The van der Waals surface area contributed by atoms with Crippen LogP contribution in [-0.4, -0.2) is 37.2 Å². The van der Waals surface area contributed by atoms with Crippen LogP contribution in [0.2, 0.25) is 5.02 Å². The zero-order valence-corrected chi connectivity index (χ0v) is 13.4. The SMILES string of the molecule is CCCCOc1c(Cl)cc(C(=O)NCCC(=O)O)cc1OC. The third-order valence-corrected chi connectivity index (χ3v) is 3.14. The molecule has 22 heavy (non-hydrogen) atoms. The van der Waals surface area contributed by atoms with Gasteiger partial charge in [-0.3, -0.25) is 9.59 Å². The summed E-state index contributed by atoms with van der Waals surface area (Å²) >= 11 is 6.14. The van der Waals surface area contributed by atoms with Crippen molar-refractivity contribution in [3.63, 3.8) is 0 Å². The van der Waals surface area contributed by atoms with Crippen LogP contribution in [0.1, 0.15) is 36.5 Å². The van der Waals surface area contributed by atoms with Gasteiger partial charge in [-0.2, -0.15) is 0 Å². The first-order valence-electron chi connectivity index (χ1n) is 6.99. The lowest BCUT2D eigenvalue weighted by Gasteiger charge is -2.14. The lowest BCUT2D eigenvalue weighted by atomic mass is 10.2. The van der Waals surface area contributed by atoms with Gasteiger partial charge >= 0.3 is 5.97 Å². The number of methoxy groups -OCH3 is 1. The maximum Gasteiger partial charge on any atom is 0.305 e. The van der Waals surface area contributed by atoms with Gasteiger partial charge in [-0.25, -0.2) is 0 Å². The summed E-state index contributed by atoms with van der Waals surface area (Å²) in [6.45, 7) is 2.60. The number of ether oxygens (including phenoxy) is 2. The number of carboxylic acid groups (broad SMARTS) is 1. The van der Waals surface area contributed by atoms with Crippen LogP contribution in [0, 0.1) is 0 Å². The van der Waals surface area contributed by atoms with Crippen LogP contribution in [0.15, 0.2) is 12.1 Å². The zero-order chi connectivity index (χ0) is 16.5.